The zero-order chi connectivity index (χ0) is 16.4. The first kappa shape index (κ1) is 15.3. The first-order valence-corrected chi connectivity index (χ1v) is 7.57. The number of hydrogen-bond acceptors (Lipinski definition) is 3. The number of aromatic amines is 1. The van der Waals surface area contributed by atoms with Gasteiger partial charge in [0.25, 0.3) is 0 Å². The van der Waals surface area contributed by atoms with E-state index in [0.29, 0.717) is 18.9 Å². The average Bonchev–Trinajstić information content (AvgIpc) is 3.03. The number of amides is 1. The highest BCUT2D eigenvalue weighted by atomic mass is 16.2. The third-order valence-electron chi connectivity index (χ3n) is 3.89. The van der Waals surface area contributed by atoms with Gasteiger partial charge in [-0.05, 0) is 25.6 Å². The minimum absolute atomic E-state index is 0.0695. The number of benzene rings is 1. The molecule has 0 saturated heterocycles. The number of H-pyrrole nitrogens is 1. The number of carbonyl (C=O) groups excluding carboxylic acids is 1. The fraction of sp³-hybridized carbons (Fsp3) is 0.294. The first-order valence-electron chi connectivity index (χ1n) is 7.57. The Morgan fingerprint density at radius 3 is 2.83 bits per heavy atom. The summed E-state index contributed by atoms with van der Waals surface area (Å²) in [7, 11) is 3.75. The zero-order valence-corrected chi connectivity index (χ0v) is 13.6. The molecule has 1 aromatic carbocycles. The molecule has 0 radical (unpaired) electrons. The second-order valence-electron chi connectivity index (χ2n) is 5.87. The molecule has 3 aromatic rings. The molecular weight excluding hydrogens is 290 g/mol. The third-order valence-corrected chi connectivity index (χ3v) is 3.89. The molecule has 0 saturated carbocycles. The minimum Gasteiger partial charge on any atom is -0.357 e. The monoisotopic (exact) mass is 311 g/mol. The Hall–Kier alpha value is -2.60. The molecule has 2 heterocycles. The normalized spacial score (nSPS) is 11.3. The second-order valence-corrected chi connectivity index (χ2v) is 5.87. The van der Waals surface area contributed by atoms with Gasteiger partial charge >= 0.3 is 0 Å². The van der Waals surface area contributed by atoms with Crippen LogP contribution >= 0.6 is 0 Å². The molecule has 0 spiro atoms. The molecule has 3 rings (SSSR count). The highest BCUT2D eigenvalue weighted by Crippen LogP contribution is 2.22. The van der Waals surface area contributed by atoms with Crippen molar-refractivity contribution < 1.29 is 4.79 Å². The Labute approximate surface area is 135 Å². The van der Waals surface area contributed by atoms with Crippen molar-refractivity contribution >= 4 is 22.6 Å². The largest absolute Gasteiger partial charge is 0.357 e. The molecule has 0 unspecified atom stereocenters. The molecule has 0 bridgehead atoms. The van der Waals surface area contributed by atoms with E-state index in [1.807, 2.05) is 31.1 Å². The number of nitrogens with zero attached hydrogens (tertiary/aromatic N) is 3. The number of anilines is 1. The molecule has 2 aromatic heterocycles. The highest BCUT2D eigenvalue weighted by molar-refractivity contribution is 5.91. The van der Waals surface area contributed by atoms with E-state index in [-0.39, 0.29) is 5.91 Å². The number of likely N-dealkylation sites (N-methyl/N-ethyl adjacent to an activating group) is 1. The summed E-state index contributed by atoms with van der Waals surface area (Å²) in [5.74, 6) is 0.507. The molecule has 23 heavy (non-hydrogen) atoms. The first-order chi connectivity index (χ1) is 11.0. The quantitative estimate of drug-likeness (QED) is 0.760. The van der Waals surface area contributed by atoms with Crippen molar-refractivity contribution in [2.75, 3.05) is 18.9 Å². The van der Waals surface area contributed by atoms with Crippen molar-refractivity contribution in [2.24, 2.45) is 7.05 Å². The van der Waals surface area contributed by atoms with E-state index >= 15 is 0 Å². The fourth-order valence-electron chi connectivity index (χ4n) is 2.73. The second kappa shape index (κ2) is 6.26. The summed E-state index contributed by atoms with van der Waals surface area (Å²) < 4.78 is 1.66. The smallest absolute Gasteiger partial charge is 0.239 e. The van der Waals surface area contributed by atoms with Gasteiger partial charge in [-0.2, -0.15) is 5.10 Å². The van der Waals surface area contributed by atoms with E-state index in [4.69, 9.17) is 0 Å². The van der Waals surface area contributed by atoms with Gasteiger partial charge in [-0.25, -0.2) is 0 Å². The molecular formula is C17H21N5O. The standard InChI is InChI=1S/C17H21N5O/c1-12-13-6-4-5-7-14(13)18-15(12)10-21(2)11-17(23)19-16-8-9-22(3)20-16/h4-9,18H,10-11H2,1-3H3,(H,19,20,23). The molecule has 0 aliphatic rings. The molecule has 1 amide bonds. The number of carbonyl (C=O) groups is 1. The molecule has 0 fully saturated rings. The van der Waals surface area contributed by atoms with Crippen molar-refractivity contribution in [3.63, 3.8) is 0 Å². The maximum absolute atomic E-state index is 12.1. The van der Waals surface area contributed by atoms with Gasteiger partial charge in [0.05, 0.1) is 6.54 Å². The number of para-hydroxylation sites is 1. The maximum Gasteiger partial charge on any atom is 0.239 e. The van der Waals surface area contributed by atoms with E-state index < -0.39 is 0 Å². The highest BCUT2D eigenvalue weighted by Gasteiger charge is 2.12. The fourth-order valence-corrected chi connectivity index (χ4v) is 2.73. The molecule has 0 atom stereocenters. The Morgan fingerprint density at radius 1 is 1.35 bits per heavy atom. The van der Waals surface area contributed by atoms with Crippen LogP contribution in [0.15, 0.2) is 36.5 Å². The lowest BCUT2D eigenvalue weighted by Crippen LogP contribution is -2.30. The van der Waals surface area contributed by atoms with Crippen LogP contribution in [0.1, 0.15) is 11.3 Å². The average molecular weight is 311 g/mol. The summed E-state index contributed by atoms with van der Waals surface area (Å²) in [5, 5.41) is 8.17. The lowest BCUT2D eigenvalue weighted by Gasteiger charge is -2.15. The van der Waals surface area contributed by atoms with Crippen LogP contribution in [0.4, 0.5) is 5.82 Å². The van der Waals surface area contributed by atoms with Crippen LogP contribution in [0.3, 0.4) is 0 Å². The summed E-state index contributed by atoms with van der Waals surface area (Å²) in [6.45, 7) is 3.11. The van der Waals surface area contributed by atoms with E-state index in [0.717, 1.165) is 11.2 Å². The Balaban J connectivity index is 1.63. The van der Waals surface area contributed by atoms with Crippen molar-refractivity contribution in [3.8, 4) is 0 Å². The van der Waals surface area contributed by atoms with Gasteiger partial charge in [-0.1, -0.05) is 18.2 Å². The van der Waals surface area contributed by atoms with Gasteiger partial charge in [0.1, 0.15) is 0 Å². The van der Waals surface area contributed by atoms with Crippen molar-refractivity contribution in [1.29, 1.82) is 0 Å². The molecule has 6 heteroatoms. The van der Waals surface area contributed by atoms with Gasteiger partial charge < -0.3 is 10.3 Å². The van der Waals surface area contributed by atoms with Crippen LogP contribution in [0.5, 0.6) is 0 Å². The summed E-state index contributed by atoms with van der Waals surface area (Å²) in [6, 6.07) is 10.0. The predicted molar refractivity (Wildman–Crippen MR) is 91.2 cm³/mol. The van der Waals surface area contributed by atoms with Crippen LogP contribution < -0.4 is 5.32 Å². The van der Waals surface area contributed by atoms with E-state index in [9.17, 15) is 4.79 Å². The van der Waals surface area contributed by atoms with E-state index in [2.05, 4.69) is 34.5 Å². The number of fused-ring (bicyclic) bond motifs is 1. The topological polar surface area (TPSA) is 66.0 Å². The Bertz CT molecular complexity index is 832. The van der Waals surface area contributed by atoms with Gasteiger partial charge in [-0.15, -0.1) is 0 Å². The molecule has 6 nitrogen and oxygen atoms in total. The summed E-state index contributed by atoms with van der Waals surface area (Å²) in [6.07, 6.45) is 1.80. The molecule has 120 valence electrons. The van der Waals surface area contributed by atoms with Crippen molar-refractivity contribution in [3.05, 3.63) is 47.8 Å². The number of nitrogens with one attached hydrogen (secondary N) is 2. The van der Waals surface area contributed by atoms with E-state index in [1.54, 1.807) is 16.9 Å². The van der Waals surface area contributed by atoms with Gasteiger partial charge in [0.15, 0.2) is 5.82 Å². The van der Waals surface area contributed by atoms with Crippen molar-refractivity contribution in [2.45, 2.75) is 13.5 Å². The lowest BCUT2D eigenvalue weighted by atomic mass is 10.1. The number of aryl methyl sites for hydroxylation is 2. The molecule has 0 aliphatic carbocycles. The van der Waals surface area contributed by atoms with Crippen LogP contribution in [0, 0.1) is 6.92 Å². The Morgan fingerprint density at radius 2 is 2.13 bits per heavy atom. The summed E-state index contributed by atoms with van der Waals surface area (Å²) in [4.78, 5) is 17.5. The van der Waals surface area contributed by atoms with Gasteiger partial charge in [-0.3, -0.25) is 14.4 Å². The SMILES string of the molecule is Cc1c(CN(C)CC(=O)Nc2ccn(C)n2)[nH]c2ccccc12. The number of hydrogen-bond donors (Lipinski definition) is 2. The summed E-state index contributed by atoms with van der Waals surface area (Å²) in [5.41, 5.74) is 3.50. The predicted octanol–water partition coefficient (Wildman–Crippen LogP) is 2.28. The summed E-state index contributed by atoms with van der Waals surface area (Å²) >= 11 is 0. The van der Waals surface area contributed by atoms with E-state index in [1.165, 1.54) is 10.9 Å². The van der Waals surface area contributed by atoms with Crippen molar-refractivity contribution in [1.82, 2.24) is 19.7 Å². The number of rotatable bonds is 5. The van der Waals surface area contributed by atoms with Crippen LogP contribution in [0.2, 0.25) is 0 Å². The Kier molecular flexibility index (Phi) is 4.16. The minimum atomic E-state index is -0.0695. The lowest BCUT2D eigenvalue weighted by molar-refractivity contribution is -0.117. The number of aromatic nitrogens is 3. The maximum atomic E-state index is 12.1. The van der Waals surface area contributed by atoms with Gasteiger partial charge in [0, 0.05) is 42.5 Å². The zero-order valence-electron chi connectivity index (χ0n) is 13.6. The van der Waals surface area contributed by atoms with Crippen LogP contribution in [-0.4, -0.2) is 39.2 Å². The van der Waals surface area contributed by atoms with Crippen LogP contribution in [0.25, 0.3) is 10.9 Å². The third kappa shape index (κ3) is 3.43. The van der Waals surface area contributed by atoms with Crippen LogP contribution in [-0.2, 0) is 18.4 Å². The molecule has 0 aliphatic heterocycles. The van der Waals surface area contributed by atoms with Gasteiger partial charge in [0.2, 0.25) is 5.91 Å². The molecule has 2 N–H and O–H groups in total.